The van der Waals surface area contributed by atoms with Gasteiger partial charge in [0.2, 0.25) is 15.9 Å². The molecule has 0 saturated carbocycles. The number of nitrogens with one attached hydrogen (secondary N) is 1. The number of hydrogen-bond acceptors (Lipinski definition) is 5. The fourth-order valence-corrected chi connectivity index (χ4v) is 5.31. The van der Waals surface area contributed by atoms with E-state index >= 15 is 0 Å². The molecule has 2 heterocycles. The van der Waals surface area contributed by atoms with E-state index in [0.717, 1.165) is 12.8 Å². The average molecular weight is 440 g/mol. The molecular weight excluding hydrogens is 418 g/mol. The molecule has 1 aliphatic heterocycles. The van der Waals surface area contributed by atoms with E-state index in [1.165, 1.54) is 39.4 Å². The van der Waals surface area contributed by atoms with Crippen LogP contribution in [0.25, 0.3) is 0 Å². The number of aromatic nitrogens is 2. The Morgan fingerprint density at radius 2 is 2.10 bits per heavy atom. The molecule has 1 aromatic carbocycles. The van der Waals surface area contributed by atoms with Gasteiger partial charge >= 0.3 is 0 Å². The minimum Gasteiger partial charge on any atom is -0.368 e. The maximum Gasteiger partial charge on any atom is 0.256 e. The van der Waals surface area contributed by atoms with Crippen LogP contribution < -0.4 is 11.1 Å². The summed E-state index contributed by atoms with van der Waals surface area (Å²) >= 11 is 6.16. The van der Waals surface area contributed by atoms with Crippen LogP contribution >= 0.6 is 11.6 Å². The number of carbonyl (C=O) groups excluding carboxylic acids is 2. The Bertz CT molecular complexity index is 1040. The van der Waals surface area contributed by atoms with E-state index in [-0.39, 0.29) is 33.8 Å². The van der Waals surface area contributed by atoms with Gasteiger partial charge in [0.05, 0.1) is 5.02 Å². The van der Waals surface area contributed by atoms with Crippen molar-refractivity contribution in [1.29, 1.82) is 0 Å². The van der Waals surface area contributed by atoms with E-state index in [1.807, 2.05) is 6.92 Å². The van der Waals surface area contributed by atoms with Crippen LogP contribution in [0.2, 0.25) is 5.02 Å². The van der Waals surface area contributed by atoms with E-state index in [0.29, 0.717) is 13.1 Å². The lowest BCUT2D eigenvalue weighted by molar-refractivity contribution is -0.118. The quantitative estimate of drug-likeness (QED) is 0.707. The van der Waals surface area contributed by atoms with Gasteiger partial charge in [-0.1, -0.05) is 18.5 Å². The lowest BCUT2D eigenvalue weighted by Crippen LogP contribution is -2.39. The number of amides is 2. The fourth-order valence-electron chi connectivity index (χ4n) is 3.21. The zero-order valence-corrected chi connectivity index (χ0v) is 17.4. The molecule has 1 aliphatic rings. The number of primary amides is 1. The highest BCUT2D eigenvalue weighted by Gasteiger charge is 2.31. The molecule has 2 aromatic rings. The number of halogens is 1. The lowest BCUT2D eigenvalue weighted by atomic mass is 10.0. The van der Waals surface area contributed by atoms with Crippen molar-refractivity contribution in [3.05, 3.63) is 41.0 Å². The second-order valence-electron chi connectivity index (χ2n) is 7.07. The summed E-state index contributed by atoms with van der Waals surface area (Å²) in [6, 6.07) is 5.61. The molecule has 0 spiro atoms. The van der Waals surface area contributed by atoms with Crippen molar-refractivity contribution in [2.24, 2.45) is 11.7 Å². The summed E-state index contributed by atoms with van der Waals surface area (Å²) in [7, 11) is -3.81. The third-order valence-electron chi connectivity index (χ3n) is 4.63. The monoisotopic (exact) mass is 439 g/mol. The van der Waals surface area contributed by atoms with Gasteiger partial charge in [0.1, 0.15) is 11.4 Å². The Labute approximate surface area is 173 Å². The summed E-state index contributed by atoms with van der Waals surface area (Å²) in [5, 5.41) is 6.64. The molecule has 29 heavy (non-hydrogen) atoms. The van der Waals surface area contributed by atoms with Gasteiger partial charge in [-0.2, -0.15) is 9.40 Å². The van der Waals surface area contributed by atoms with Crippen LogP contribution in [0.3, 0.4) is 0 Å². The van der Waals surface area contributed by atoms with Crippen LogP contribution in [0.1, 0.15) is 30.1 Å². The number of piperidine rings is 1. The topological polar surface area (TPSA) is 127 Å². The van der Waals surface area contributed by atoms with E-state index in [1.54, 1.807) is 0 Å². The molecule has 0 radical (unpaired) electrons. The Balaban J connectivity index is 1.81. The molecule has 0 bridgehead atoms. The van der Waals surface area contributed by atoms with Crippen molar-refractivity contribution in [3.8, 4) is 0 Å². The third kappa shape index (κ3) is 4.95. The second kappa shape index (κ2) is 8.52. The van der Waals surface area contributed by atoms with Gasteiger partial charge in [0.15, 0.2) is 5.82 Å². The number of sulfonamides is 1. The van der Waals surface area contributed by atoms with Crippen LogP contribution in [-0.2, 0) is 21.4 Å². The molecule has 0 unspecified atom stereocenters. The van der Waals surface area contributed by atoms with Crippen molar-refractivity contribution >= 4 is 39.3 Å². The lowest BCUT2D eigenvalue weighted by Gasteiger charge is -2.30. The third-order valence-corrected chi connectivity index (χ3v) is 6.98. The number of carbonyl (C=O) groups is 2. The smallest absolute Gasteiger partial charge is 0.256 e. The Morgan fingerprint density at radius 1 is 1.34 bits per heavy atom. The summed E-state index contributed by atoms with van der Waals surface area (Å²) in [6.07, 6.45) is 3.26. The van der Waals surface area contributed by atoms with Crippen LogP contribution in [0.5, 0.6) is 0 Å². The SMILES string of the molecule is C[C@H]1CCCN(S(=O)(=O)c2cc(C(=O)Nc3ccn(CC(N)=O)n3)ccc2Cl)C1. The Morgan fingerprint density at radius 3 is 2.79 bits per heavy atom. The number of nitrogens with two attached hydrogens (primary N) is 1. The highest BCUT2D eigenvalue weighted by molar-refractivity contribution is 7.89. The summed E-state index contributed by atoms with van der Waals surface area (Å²) in [4.78, 5) is 23.4. The molecule has 2 amide bonds. The Hall–Kier alpha value is -2.43. The van der Waals surface area contributed by atoms with Crippen LogP contribution in [0, 0.1) is 5.92 Å². The van der Waals surface area contributed by atoms with Crippen molar-refractivity contribution in [2.75, 3.05) is 18.4 Å². The first kappa shape index (κ1) is 21.3. The van der Waals surface area contributed by atoms with E-state index in [4.69, 9.17) is 17.3 Å². The molecule has 9 nitrogen and oxygen atoms in total. The maximum atomic E-state index is 13.0. The van der Waals surface area contributed by atoms with Crippen molar-refractivity contribution in [2.45, 2.75) is 31.2 Å². The normalized spacial score (nSPS) is 17.8. The van der Waals surface area contributed by atoms with Gasteiger partial charge in [-0.3, -0.25) is 14.3 Å². The van der Waals surface area contributed by atoms with Crippen molar-refractivity contribution < 1.29 is 18.0 Å². The van der Waals surface area contributed by atoms with Gasteiger partial charge in [0, 0.05) is 30.9 Å². The summed E-state index contributed by atoms with van der Waals surface area (Å²) in [5.41, 5.74) is 5.23. The average Bonchev–Trinajstić information content (AvgIpc) is 3.07. The summed E-state index contributed by atoms with van der Waals surface area (Å²) in [5.74, 6) is -0.639. The standard InChI is InChI=1S/C18H22ClN5O4S/c1-12-3-2-7-24(10-12)29(27,28)15-9-13(4-5-14(15)19)18(26)21-17-6-8-23(22-17)11-16(20)25/h4-6,8-9,12H,2-3,7,10-11H2,1H3,(H2,20,25)(H,21,22,26)/t12-/m0/s1. The highest BCUT2D eigenvalue weighted by atomic mass is 35.5. The highest BCUT2D eigenvalue weighted by Crippen LogP contribution is 2.29. The van der Waals surface area contributed by atoms with E-state index < -0.39 is 21.8 Å². The van der Waals surface area contributed by atoms with Crippen molar-refractivity contribution in [1.82, 2.24) is 14.1 Å². The van der Waals surface area contributed by atoms with Gasteiger partial charge in [-0.05, 0) is 37.0 Å². The van der Waals surface area contributed by atoms with Gasteiger partial charge in [-0.25, -0.2) is 8.42 Å². The number of nitrogens with zero attached hydrogens (tertiary/aromatic N) is 3. The molecule has 11 heteroatoms. The van der Waals surface area contributed by atoms with E-state index in [2.05, 4.69) is 10.4 Å². The minimum absolute atomic E-state index is 0.0607. The first-order valence-corrected chi connectivity index (χ1v) is 10.9. The molecule has 1 fully saturated rings. The molecule has 156 valence electrons. The molecule has 3 rings (SSSR count). The molecular formula is C18H22ClN5O4S. The molecule has 1 saturated heterocycles. The number of benzene rings is 1. The molecule has 3 N–H and O–H groups in total. The predicted octanol–water partition coefficient (Wildman–Crippen LogP) is 1.69. The zero-order chi connectivity index (χ0) is 21.2. The predicted molar refractivity (Wildman–Crippen MR) is 108 cm³/mol. The first-order valence-electron chi connectivity index (χ1n) is 9.09. The van der Waals surface area contributed by atoms with Crippen LogP contribution in [0.4, 0.5) is 5.82 Å². The fraction of sp³-hybridized carbons (Fsp3) is 0.389. The number of rotatable bonds is 6. The zero-order valence-electron chi connectivity index (χ0n) is 15.8. The van der Waals surface area contributed by atoms with Gasteiger partial charge in [0.25, 0.3) is 5.91 Å². The van der Waals surface area contributed by atoms with Gasteiger partial charge in [-0.15, -0.1) is 0 Å². The molecule has 1 aromatic heterocycles. The molecule has 1 atom stereocenters. The van der Waals surface area contributed by atoms with Crippen LogP contribution in [-0.4, -0.2) is 47.4 Å². The first-order chi connectivity index (χ1) is 13.7. The van der Waals surface area contributed by atoms with Crippen LogP contribution in [0.15, 0.2) is 35.4 Å². The molecule has 0 aliphatic carbocycles. The maximum absolute atomic E-state index is 13.0. The minimum atomic E-state index is -3.81. The summed E-state index contributed by atoms with van der Waals surface area (Å²) in [6.45, 7) is 2.74. The Kier molecular flexibility index (Phi) is 6.25. The second-order valence-corrected chi connectivity index (χ2v) is 9.39. The van der Waals surface area contributed by atoms with E-state index in [9.17, 15) is 18.0 Å². The van der Waals surface area contributed by atoms with Gasteiger partial charge < -0.3 is 11.1 Å². The number of hydrogen-bond donors (Lipinski definition) is 2. The van der Waals surface area contributed by atoms with Crippen molar-refractivity contribution in [3.63, 3.8) is 0 Å². The number of anilines is 1. The largest absolute Gasteiger partial charge is 0.368 e. The summed E-state index contributed by atoms with van der Waals surface area (Å²) < 4.78 is 28.8.